The van der Waals surface area contributed by atoms with E-state index in [4.69, 9.17) is 23.2 Å². The number of benzene rings is 2. The average molecular weight is 458 g/mol. The molecule has 31 heavy (non-hydrogen) atoms. The minimum Gasteiger partial charge on any atom is -0.351 e. The summed E-state index contributed by atoms with van der Waals surface area (Å²) in [4.78, 5) is 21.8. The highest BCUT2D eigenvalue weighted by Gasteiger charge is 2.30. The molecule has 0 spiro atoms. The third kappa shape index (κ3) is 5.06. The largest absolute Gasteiger partial charge is 0.353 e. The maximum absolute atomic E-state index is 11.9. The van der Waals surface area contributed by atoms with E-state index in [1.54, 1.807) is 18.2 Å². The normalized spacial score (nSPS) is 14.5. The third-order valence-corrected chi connectivity index (χ3v) is 6.19. The molecular formula is C22H21Cl2N5O2. The van der Waals surface area contributed by atoms with E-state index in [0.717, 1.165) is 19.3 Å². The second-order valence-electron chi connectivity index (χ2n) is 7.53. The van der Waals surface area contributed by atoms with Gasteiger partial charge in [0.2, 0.25) is 11.6 Å². The zero-order valence-corrected chi connectivity index (χ0v) is 18.2. The molecule has 2 heterocycles. The summed E-state index contributed by atoms with van der Waals surface area (Å²) in [5.41, 5.74) is 1.74. The lowest BCUT2D eigenvalue weighted by molar-refractivity contribution is -0.383. The predicted molar refractivity (Wildman–Crippen MR) is 124 cm³/mol. The number of halogens is 2. The number of nitro groups is 1. The van der Waals surface area contributed by atoms with Crippen molar-refractivity contribution < 1.29 is 4.92 Å². The smallest absolute Gasteiger partial charge is 0.351 e. The highest BCUT2D eigenvalue weighted by molar-refractivity contribution is 6.42. The summed E-state index contributed by atoms with van der Waals surface area (Å²) >= 11 is 12.0. The molecule has 0 bridgehead atoms. The van der Waals surface area contributed by atoms with E-state index in [9.17, 15) is 10.1 Å². The van der Waals surface area contributed by atoms with Crippen molar-refractivity contribution in [3.8, 4) is 0 Å². The molecule has 0 aliphatic carbocycles. The molecule has 1 aromatic heterocycles. The van der Waals surface area contributed by atoms with E-state index in [-0.39, 0.29) is 11.5 Å². The Balaban J connectivity index is 1.51. The number of rotatable bonds is 6. The standard InChI is InChI=1S/C22H21Cl2N5O2/c23-18-7-6-17(13-19(18)24)27-21-20(29(30)31)22(26-14-25-21)28-10-8-16(9-11-28)12-15-4-2-1-3-5-15/h1-7,13-14,16H,8-12H2,(H,25,26,27). The summed E-state index contributed by atoms with van der Waals surface area (Å²) < 4.78 is 0. The van der Waals surface area contributed by atoms with Crippen LogP contribution in [0.5, 0.6) is 0 Å². The van der Waals surface area contributed by atoms with Crippen LogP contribution in [-0.2, 0) is 6.42 Å². The van der Waals surface area contributed by atoms with Crippen molar-refractivity contribution >= 4 is 46.2 Å². The number of nitrogens with one attached hydrogen (secondary N) is 1. The maximum atomic E-state index is 11.9. The van der Waals surface area contributed by atoms with E-state index < -0.39 is 4.92 Å². The predicted octanol–water partition coefficient (Wildman–Crippen LogP) is 5.89. The number of anilines is 3. The summed E-state index contributed by atoms with van der Waals surface area (Å²) in [7, 11) is 0. The van der Waals surface area contributed by atoms with Gasteiger partial charge in [-0.2, -0.15) is 0 Å². The minimum absolute atomic E-state index is 0.125. The molecule has 2 aromatic carbocycles. The van der Waals surface area contributed by atoms with E-state index in [1.165, 1.54) is 11.9 Å². The van der Waals surface area contributed by atoms with Gasteiger partial charge in [0.1, 0.15) is 6.33 Å². The topological polar surface area (TPSA) is 84.2 Å². The summed E-state index contributed by atoms with van der Waals surface area (Å²) in [5, 5.41) is 15.7. The van der Waals surface area contributed by atoms with Gasteiger partial charge in [0.05, 0.1) is 15.0 Å². The van der Waals surface area contributed by atoms with Crippen LogP contribution in [-0.4, -0.2) is 28.0 Å². The van der Waals surface area contributed by atoms with Crippen molar-refractivity contribution in [2.24, 2.45) is 5.92 Å². The molecule has 3 aromatic rings. The molecule has 1 N–H and O–H groups in total. The summed E-state index contributed by atoms with van der Waals surface area (Å²) in [6, 6.07) is 15.3. The minimum atomic E-state index is -0.439. The van der Waals surface area contributed by atoms with Gasteiger partial charge in [-0.05, 0) is 48.9 Å². The molecule has 0 unspecified atom stereocenters. The number of nitrogens with zero attached hydrogens (tertiary/aromatic N) is 4. The van der Waals surface area contributed by atoms with Gasteiger partial charge < -0.3 is 10.2 Å². The fraction of sp³-hybridized carbons (Fsp3) is 0.273. The third-order valence-electron chi connectivity index (χ3n) is 5.45. The molecule has 0 atom stereocenters. The number of piperidine rings is 1. The average Bonchev–Trinajstić information content (AvgIpc) is 2.77. The quantitative estimate of drug-likeness (QED) is 0.366. The SMILES string of the molecule is O=[N+]([O-])c1c(Nc2ccc(Cl)c(Cl)c2)ncnc1N1CCC(Cc2ccccc2)CC1. The molecule has 7 nitrogen and oxygen atoms in total. The molecule has 1 aliphatic heterocycles. The van der Waals surface area contributed by atoms with E-state index in [2.05, 4.69) is 39.6 Å². The van der Waals surface area contributed by atoms with Gasteiger partial charge in [-0.15, -0.1) is 0 Å². The van der Waals surface area contributed by atoms with Crippen LogP contribution < -0.4 is 10.2 Å². The van der Waals surface area contributed by atoms with Gasteiger partial charge in [-0.1, -0.05) is 53.5 Å². The van der Waals surface area contributed by atoms with Crippen LogP contribution in [0.3, 0.4) is 0 Å². The second-order valence-corrected chi connectivity index (χ2v) is 8.34. The highest BCUT2D eigenvalue weighted by Crippen LogP contribution is 2.36. The van der Waals surface area contributed by atoms with Crippen molar-refractivity contribution in [3.63, 3.8) is 0 Å². The van der Waals surface area contributed by atoms with Gasteiger partial charge in [-0.25, -0.2) is 9.97 Å². The Morgan fingerprint density at radius 1 is 1.06 bits per heavy atom. The Hall–Kier alpha value is -2.90. The molecular weight excluding hydrogens is 437 g/mol. The zero-order chi connectivity index (χ0) is 21.8. The molecule has 0 amide bonds. The zero-order valence-electron chi connectivity index (χ0n) is 16.7. The van der Waals surface area contributed by atoms with Crippen LogP contribution in [0.2, 0.25) is 10.0 Å². The van der Waals surface area contributed by atoms with Crippen LogP contribution in [0.4, 0.5) is 23.0 Å². The monoisotopic (exact) mass is 457 g/mol. The van der Waals surface area contributed by atoms with Gasteiger partial charge in [0, 0.05) is 18.8 Å². The van der Waals surface area contributed by atoms with Gasteiger partial charge >= 0.3 is 5.69 Å². The second kappa shape index (κ2) is 9.49. The summed E-state index contributed by atoms with van der Waals surface area (Å²) in [6.07, 6.45) is 4.26. The van der Waals surface area contributed by atoms with Crippen molar-refractivity contribution in [3.05, 3.63) is 80.6 Å². The lowest BCUT2D eigenvalue weighted by Gasteiger charge is -2.32. The first-order chi connectivity index (χ1) is 15.0. The fourth-order valence-corrected chi connectivity index (χ4v) is 4.17. The Morgan fingerprint density at radius 3 is 2.48 bits per heavy atom. The number of aromatic nitrogens is 2. The van der Waals surface area contributed by atoms with Crippen molar-refractivity contribution in [1.29, 1.82) is 0 Å². The van der Waals surface area contributed by atoms with Crippen LogP contribution in [0.1, 0.15) is 18.4 Å². The Bertz CT molecular complexity index is 1070. The molecule has 160 valence electrons. The van der Waals surface area contributed by atoms with Gasteiger partial charge in [0.25, 0.3) is 0 Å². The molecule has 0 radical (unpaired) electrons. The first kappa shape index (κ1) is 21.3. The summed E-state index contributed by atoms with van der Waals surface area (Å²) in [6.45, 7) is 1.42. The van der Waals surface area contributed by atoms with Crippen LogP contribution in [0.25, 0.3) is 0 Å². The molecule has 0 saturated carbocycles. The Morgan fingerprint density at radius 2 is 1.81 bits per heavy atom. The number of hydrogen-bond donors (Lipinski definition) is 1. The Labute approximate surface area is 190 Å². The first-order valence-corrected chi connectivity index (χ1v) is 10.8. The maximum Gasteiger partial charge on any atom is 0.353 e. The molecule has 1 aliphatic rings. The van der Waals surface area contributed by atoms with E-state index in [1.807, 2.05) is 11.0 Å². The van der Waals surface area contributed by atoms with E-state index in [0.29, 0.717) is 40.6 Å². The van der Waals surface area contributed by atoms with Crippen LogP contribution >= 0.6 is 23.2 Å². The Kier molecular flexibility index (Phi) is 6.53. The number of hydrogen-bond acceptors (Lipinski definition) is 6. The lowest BCUT2D eigenvalue weighted by Crippen LogP contribution is -2.35. The fourth-order valence-electron chi connectivity index (χ4n) is 3.87. The highest BCUT2D eigenvalue weighted by atomic mass is 35.5. The summed E-state index contributed by atoms with van der Waals surface area (Å²) in [5.74, 6) is 1.01. The van der Waals surface area contributed by atoms with E-state index >= 15 is 0 Å². The van der Waals surface area contributed by atoms with Crippen LogP contribution in [0, 0.1) is 16.0 Å². The van der Waals surface area contributed by atoms with Crippen molar-refractivity contribution in [2.45, 2.75) is 19.3 Å². The van der Waals surface area contributed by atoms with Crippen molar-refractivity contribution in [1.82, 2.24) is 9.97 Å². The van der Waals surface area contributed by atoms with Gasteiger partial charge in [0.15, 0.2) is 0 Å². The molecule has 1 saturated heterocycles. The van der Waals surface area contributed by atoms with Crippen LogP contribution in [0.15, 0.2) is 54.9 Å². The van der Waals surface area contributed by atoms with Crippen molar-refractivity contribution in [2.75, 3.05) is 23.3 Å². The lowest BCUT2D eigenvalue weighted by atomic mass is 9.90. The molecule has 1 fully saturated rings. The molecule has 4 rings (SSSR count). The van der Waals surface area contributed by atoms with Gasteiger partial charge in [-0.3, -0.25) is 10.1 Å². The first-order valence-electron chi connectivity index (χ1n) is 10.0. The molecule has 9 heteroatoms.